The molecule has 0 aliphatic carbocycles. The number of rotatable bonds is 5. The summed E-state index contributed by atoms with van der Waals surface area (Å²) >= 11 is 0. The van der Waals surface area contributed by atoms with E-state index in [2.05, 4.69) is 64.1 Å². The molecule has 3 heterocycles. The number of fused-ring (bicyclic) bond motifs is 1. The fourth-order valence-electron chi connectivity index (χ4n) is 4.72. The van der Waals surface area contributed by atoms with E-state index >= 15 is 0 Å². The molecule has 7 heteroatoms. The Bertz CT molecular complexity index is 1210. The van der Waals surface area contributed by atoms with Crippen LogP contribution in [0.2, 0.25) is 0 Å². The lowest BCUT2D eigenvalue weighted by Gasteiger charge is -2.35. The number of benzene rings is 2. The third kappa shape index (κ3) is 4.53. The number of piperazine rings is 1. The van der Waals surface area contributed by atoms with E-state index in [-0.39, 0.29) is 11.2 Å². The van der Waals surface area contributed by atoms with E-state index in [1.54, 1.807) is 12.3 Å². The van der Waals surface area contributed by atoms with E-state index < -0.39 is 0 Å². The maximum Gasteiger partial charge on any atom is 0.227 e. The van der Waals surface area contributed by atoms with Crippen molar-refractivity contribution < 1.29 is 4.39 Å². The smallest absolute Gasteiger partial charge is 0.227 e. The Hall–Kier alpha value is -3.32. The summed E-state index contributed by atoms with van der Waals surface area (Å²) in [5.41, 5.74) is 5.70. The van der Waals surface area contributed by atoms with E-state index in [1.165, 1.54) is 11.6 Å². The third-order valence-electron chi connectivity index (χ3n) is 6.81. The molecule has 0 bridgehead atoms. The van der Waals surface area contributed by atoms with E-state index in [1.807, 2.05) is 18.3 Å². The Morgan fingerprint density at radius 1 is 1.03 bits per heavy atom. The summed E-state index contributed by atoms with van der Waals surface area (Å²) in [6.07, 6.45) is 3.71. The van der Waals surface area contributed by atoms with E-state index in [0.29, 0.717) is 11.6 Å². The van der Waals surface area contributed by atoms with Gasteiger partial charge in [0.15, 0.2) is 0 Å². The molecular weight excluding hydrogens is 427 g/mol. The molecule has 176 valence electrons. The van der Waals surface area contributed by atoms with E-state index in [0.717, 1.165) is 61.8 Å². The molecule has 1 N–H and O–H groups in total. The average molecular weight is 459 g/mol. The zero-order valence-electron chi connectivity index (χ0n) is 20.1. The highest BCUT2D eigenvalue weighted by Gasteiger charge is 2.26. The van der Waals surface area contributed by atoms with Gasteiger partial charge in [0.05, 0.1) is 11.4 Å². The molecule has 0 saturated carbocycles. The molecule has 2 aromatic carbocycles. The van der Waals surface area contributed by atoms with Crippen LogP contribution in [0, 0.1) is 5.82 Å². The minimum atomic E-state index is -0.203. The second-order valence-electron chi connectivity index (χ2n) is 9.63. The molecule has 6 nitrogen and oxygen atoms in total. The fraction of sp³-hybridized carbons (Fsp3) is 0.370. The largest absolute Gasteiger partial charge is 0.367 e. The first-order chi connectivity index (χ1) is 16.4. The minimum absolute atomic E-state index is 0.0126. The molecule has 0 atom stereocenters. The van der Waals surface area contributed by atoms with Crippen molar-refractivity contribution in [2.45, 2.75) is 26.2 Å². The van der Waals surface area contributed by atoms with Crippen LogP contribution in [0.15, 0.2) is 53.7 Å². The molecule has 1 saturated heterocycles. The highest BCUT2D eigenvalue weighted by atomic mass is 19.1. The van der Waals surface area contributed by atoms with Crippen molar-refractivity contribution in [1.82, 2.24) is 14.9 Å². The Morgan fingerprint density at radius 2 is 1.85 bits per heavy atom. The molecule has 1 fully saturated rings. The lowest BCUT2D eigenvalue weighted by molar-refractivity contribution is 0.270. The number of nitrogens with zero attached hydrogens (tertiary/aromatic N) is 5. The summed E-state index contributed by atoms with van der Waals surface area (Å²) in [7, 11) is 0. The van der Waals surface area contributed by atoms with Crippen LogP contribution in [0.25, 0.3) is 11.3 Å². The van der Waals surface area contributed by atoms with Gasteiger partial charge in [-0.3, -0.25) is 4.99 Å². The SMILES string of the molecule is CCN1CCN(c2cc(Nc3nccc(-c4ccc5c(c4)C(C)(C)CN=C5)n3)ccc2F)CC1. The number of hydrogen-bond acceptors (Lipinski definition) is 6. The highest BCUT2D eigenvalue weighted by molar-refractivity contribution is 5.85. The first-order valence-corrected chi connectivity index (χ1v) is 11.9. The summed E-state index contributed by atoms with van der Waals surface area (Å²) < 4.78 is 14.6. The maximum atomic E-state index is 14.6. The zero-order valence-corrected chi connectivity index (χ0v) is 20.1. The van der Waals surface area contributed by atoms with Crippen LogP contribution in [0.1, 0.15) is 31.9 Å². The number of hydrogen-bond donors (Lipinski definition) is 1. The van der Waals surface area contributed by atoms with Crippen LogP contribution < -0.4 is 10.2 Å². The van der Waals surface area contributed by atoms with Gasteiger partial charge in [-0.15, -0.1) is 0 Å². The van der Waals surface area contributed by atoms with Crippen LogP contribution in [0.5, 0.6) is 0 Å². The number of aromatic nitrogens is 2. The molecule has 5 rings (SSSR count). The summed E-state index contributed by atoms with van der Waals surface area (Å²) in [4.78, 5) is 18.1. The number of halogens is 1. The van der Waals surface area contributed by atoms with Gasteiger partial charge in [-0.25, -0.2) is 14.4 Å². The Labute approximate surface area is 200 Å². The third-order valence-corrected chi connectivity index (χ3v) is 6.81. The normalized spacial score (nSPS) is 17.5. The van der Waals surface area contributed by atoms with Crippen LogP contribution >= 0.6 is 0 Å². The predicted octanol–water partition coefficient (Wildman–Crippen LogP) is 4.88. The molecule has 0 unspecified atom stereocenters. The molecule has 34 heavy (non-hydrogen) atoms. The Balaban J connectivity index is 1.38. The van der Waals surface area contributed by atoms with Gasteiger partial charge in [-0.1, -0.05) is 32.9 Å². The molecule has 0 amide bonds. The minimum Gasteiger partial charge on any atom is -0.367 e. The number of nitrogens with one attached hydrogen (secondary N) is 1. The van der Waals surface area contributed by atoms with Gasteiger partial charge in [0, 0.05) is 61.8 Å². The second kappa shape index (κ2) is 9.14. The van der Waals surface area contributed by atoms with Crippen molar-refractivity contribution in [3.8, 4) is 11.3 Å². The lowest BCUT2D eigenvalue weighted by Crippen LogP contribution is -2.46. The first-order valence-electron chi connectivity index (χ1n) is 11.9. The quantitative estimate of drug-likeness (QED) is 0.591. The van der Waals surface area contributed by atoms with Crippen molar-refractivity contribution >= 4 is 23.5 Å². The Kier molecular flexibility index (Phi) is 6.04. The van der Waals surface area contributed by atoms with Gasteiger partial charge in [-0.2, -0.15) is 0 Å². The fourth-order valence-corrected chi connectivity index (χ4v) is 4.72. The summed E-state index contributed by atoms with van der Waals surface area (Å²) in [6.45, 7) is 11.9. The lowest BCUT2D eigenvalue weighted by atomic mass is 9.79. The second-order valence-corrected chi connectivity index (χ2v) is 9.63. The summed E-state index contributed by atoms with van der Waals surface area (Å²) in [6, 6.07) is 13.4. The molecule has 0 spiro atoms. The summed E-state index contributed by atoms with van der Waals surface area (Å²) in [5.74, 6) is 0.287. The number of aliphatic imine (C=N–C) groups is 1. The van der Waals surface area contributed by atoms with Crippen LogP contribution in [-0.2, 0) is 5.41 Å². The zero-order chi connectivity index (χ0) is 23.7. The first kappa shape index (κ1) is 22.5. The van der Waals surface area contributed by atoms with Gasteiger partial charge in [0.25, 0.3) is 0 Å². The number of likely N-dealkylation sites (N-methyl/N-ethyl adjacent to an activating group) is 1. The average Bonchev–Trinajstić information content (AvgIpc) is 2.85. The molecule has 0 radical (unpaired) electrons. The van der Waals surface area contributed by atoms with E-state index in [4.69, 9.17) is 4.98 Å². The predicted molar refractivity (Wildman–Crippen MR) is 137 cm³/mol. The van der Waals surface area contributed by atoms with Crippen molar-refractivity contribution in [3.05, 3.63) is 65.6 Å². The maximum absolute atomic E-state index is 14.6. The van der Waals surface area contributed by atoms with Gasteiger partial charge in [-0.05, 0) is 48.0 Å². The van der Waals surface area contributed by atoms with Crippen LogP contribution in [0.3, 0.4) is 0 Å². The van der Waals surface area contributed by atoms with Gasteiger partial charge >= 0.3 is 0 Å². The highest BCUT2D eigenvalue weighted by Crippen LogP contribution is 2.33. The molecule has 3 aromatic rings. The Morgan fingerprint density at radius 3 is 2.65 bits per heavy atom. The molecule has 1 aromatic heterocycles. The molecular formula is C27H31FN6. The van der Waals surface area contributed by atoms with Crippen molar-refractivity contribution in [1.29, 1.82) is 0 Å². The molecule has 2 aliphatic heterocycles. The van der Waals surface area contributed by atoms with Gasteiger partial charge in [0.1, 0.15) is 5.82 Å². The van der Waals surface area contributed by atoms with Crippen molar-refractivity contribution in [2.75, 3.05) is 49.5 Å². The summed E-state index contributed by atoms with van der Waals surface area (Å²) in [5, 5.41) is 3.27. The molecule has 2 aliphatic rings. The number of anilines is 3. The van der Waals surface area contributed by atoms with Crippen molar-refractivity contribution in [3.63, 3.8) is 0 Å². The van der Waals surface area contributed by atoms with Crippen LogP contribution in [-0.4, -0.2) is 60.4 Å². The van der Waals surface area contributed by atoms with Gasteiger partial charge < -0.3 is 15.1 Å². The topological polar surface area (TPSA) is 56.6 Å². The standard InChI is InChI=1S/C27H31FN6/c1-4-33-11-13-34(14-12-33)25-16-21(7-8-23(25)28)31-26-30-10-9-24(32-26)19-5-6-20-17-29-18-27(2,3)22(20)15-19/h5-10,15-17H,4,11-14,18H2,1-3H3,(H,30,31,32). The van der Waals surface area contributed by atoms with E-state index in [9.17, 15) is 4.39 Å². The van der Waals surface area contributed by atoms with Crippen LogP contribution in [0.4, 0.5) is 21.7 Å². The van der Waals surface area contributed by atoms with Crippen molar-refractivity contribution in [2.24, 2.45) is 4.99 Å². The van der Waals surface area contributed by atoms with Gasteiger partial charge in [0.2, 0.25) is 5.95 Å². The monoisotopic (exact) mass is 458 g/mol.